The standard InChI is InChI=1S/C27H21Cl3N2O4S/c1-37(34,35)32(24-9-5-8-22(29)26(24)30)17-18-10-12-19(13-11-18)27(33)31-23-16-20(28)14-15-25(23)36-21-6-3-2-4-7-21/h2-16H,17H2,1H3,(H,31,33). The van der Waals surface area contributed by atoms with Crippen LogP contribution in [0.5, 0.6) is 11.5 Å². The highest BCUT2D eigenvalue weighted by Crippen LogP contribution is 2.35. The van der Waals surface area contributed by atoms with Crippen molar-refractivity contribution < 1.29 is 17.9 Å². The highest BCUT2D eigenvalue weighted by Gasteiger charge is 2.22. The number of ether oxygens (including phenoxy) is 1. The van der Waals surface area contributed by atoms with Gasteiger partial charge in [-0.25, -0.2) is 8.42 Å². The molecule has 4 aromatic rings. The van der Waals surface area contributed by atoms with E-state index in [0.29, 0.717) is 33.3 Å². The van der Waals surface area contributed by atoms with Gasteiger partial charge >= 0.3 is 0 Å². The molecule has 1 N–H and O–H groups in total. The SMILES string of the molecule is CS(=O)(=O)N(Cc1ccc(C(=O)Nc2cc(Cl)ccc2Oc2ccccc2)cc1)c1cccc(Cl)c1Cl. The molecule has 0 saturated carbocycles. The van der Waals surface area contributed by atoms with Crippen LogP contribution in [-0.4, -0.2) is 20.6 Å². The van der Waals surface area contributed by atoms with Crippen LogP contribution in [0.25, 0.3) is 0 Å². The Morgan fingerprint density at radius 3 is 2.27 bits per heavy atom. The number of sulfonamides is 1. The zero-order chi connectivity index (χ0) is 26.6. The maximum Gasteiger partial charge on any atom is 0.255 e. The average Bonchev–Trinajstić information content (AvgIpc) is 2.86. The van der Waals surface area contributed by atoms with Gasteiger partial charge in [-0.1, -0.05) is 71.2 Å². The average molecular weight is 576 g/mol. The van der Waals surface area contributed by atoms with Gasteiger partial charge in [0.15, 0.2) is 5.75 Å². The van der Waals surface area contributed by atoms with Gasteiger partial charge in [-0.2, -0.15) is 0 Å². The minimum atomic E-state index is -3.67. The molecule has 0 unspecified atom stereocenters. The fraction of sp³-hybridized carbons (Fsp3) is 0.0741. The van der Waals surface area contributed by atoms with Gasteiger partial charge in [0, 0.05) is 10.6 Å². The Morgan fingerprint density at radius 1 is 0.892 bits per heavy atom. The largest absolute Gasteiger partial charge is 0.455 e. The summed E-state index contributed by atoms with van der Waals surface area (Å²) in [6.45, 7) is 0.00412. The Bertz CT molecular complexity index is 1530. The Kier molecular flexibility index (Phi) is 8.29. The van der Waals surface area contributed by atoms with Crippen LogP contribution in [0.3, 0.4) is 0 Å². The Labute approximate surface area is 230 Å². The maximum absolute atomic E-state index is 13.0. The second kappa shape index (κ2) is 11.4. The lowest BCUT2D eigenvalue weighted by Gasteiger charge is -2.24. The fourth-order valence-corrected chi connectivity index (χ4v) is 5.01. The molecular weight excluding hydrogens is 555 g/mol. The summed E-state index contributed by atoms with van der Waals surface area (Å²) in [6.07, 6.45) is 1.09. The van der Waals surface area contributed by atoms with E-state index in [-0.39, 0.29) is 28.2 Å². The first-order valence-corrected chi connectivity index (χ1v) is 13.9. The second-order valence-electron chi connectivity index (χ2n) is 8.05. The van der Waals surface area contributed by atoms with Crippen molar-refractivity contribution in [3.05, 3.63) is 117 Å². The lowest BCUT2D eigenvalue weighted by Crippen LogP contribution is -2.29. The molecule has 0 spiro atoms. The summed E-state index contributed by atoms with van der Waals surface area (Å²) in [7, 11) is -3.67. The van der Waals surface area contributed by atoms with Crippen LogP contribution in [-0.2, 0) is 16.6 Å². The molecule has 10 heteroatoms. The molecule has 1 amide bonds. The number of hydrogen-bond donors (Lipinski definition) is 1. The summed E-state index contributed by atoms with van der Waals surface area (Å²) < 4.78 is 32.1. The lowest BCUT2D eigenvalue weighted by molar-refractivity contribution is 0.102. The molecule has 4 aromatic carbocycles. The normalized spacial score (nSPS) is 11.1. The van der Waals surface area contributed by atoms with E-state index in [4.69, 9.17) is 39.5 Å². The summed E-state index contributed by atoms with van der Waals surface area (Å²) in [5.74, 6) is 0.660. The highest BCUT2D eigenvalue weighted by atomic mass is 35.5. The van der Waals surface area contributed by atoms with E-state index in [1.54, 1.807) is 72.8 Å². The van der Waals surface area contributed by atoms with Gasteiger partial charge in [0.2, 0.25) is 10.0 Å². The van der Waals surface area contributed by atoms with Crippen LogP contribution in [0.15, 0.2) is 91.0 Å². The van der Waals surface area contributed by atoms with Crippen molar-refractivity contribution >= 4 is 62.1 Å². The zero-order valence-corrected chi connectivity index (χ0v) is 22.6. The summed E-state index contributed by atoms with van der Waals surface area (Å²) >= 11 is 18.5. The van der Waals surface area contributed by atoms with Crippen molar-refractivity contribution in [3.63, 3.8) is 0 Å². The molecule has 4 rings (SSSR count). The molecule has 0 aliphatic heterocycles. The number of rotatable bonds is 8. The molecule has 0 heterocycles. The third kappa shape index (κ3) is 6.76. The van der Waals surface area contributed by atoms with Gasteiger partial charge in [-0.3, -0.25) is 9.10 Å². The smallest absolute Gasteiger partial charge is 0.255 e. The molecule has 0 bridgehead atoms. The van der Waals surface area contributed by atoms with E-state index in [1.165, 1.54) is 0 Å². The molecule has 0 radical (unpaired) electrons. The number of halogens is 3. The van der Waals surface area contributed by atoms with Crippen molar-refractivity contribution in [2.45, 2.75) is 6.54 Å². The van der Waals surface area contributed by atoms with E-state index >= 15 is 0 Å². The Balaban J connectivity index is 1.53. The summed E-state index contributed by atoms with van der Waals surface area (Å²) in [5.41, 5.74) is 1.68. The predicted molar refractivity (Wildman–Crippen MR) is 150 cm³/mol. The molecule has 0 aliphatic carbocycles. The van der Waals surface area contributed by atoms with E-state index in [2.05, 4.69) is 5.32 Å². The first-order valence-electron chi connectivity index (χ1n) is 11.0. The van der Waals surface area contributed by atoms with Crippen molar-refractivity contribution in [3.8, 4) is 11.5 Å². The van der Waals surface area contributed by atoms with Crippen molar-refractivity contribution in [1.29, 1.82) is 0 Å². The number of benzene rings is 4. The number of carbonyl (C=O) groups is 1. The number of hydrogen-bond acceptors (Lipinski definition) is 4. The summed E-state index contributed by atoms with van der Waals surface area (Å²) in [5, 5.41) is 3.65. The van der Waals surface area contributed by atoms with E-state index in [1.807, 2.05) is 18.2 Å². The van der Waals surface area contributed by atoms with Crippen molar-refractivity contribution in [1.82, 2.24) is 0 Å². The van der Waals surface area contributed by atoms with E-state index < -0.39 is 10.0 Å². The number of nitrogens with zero attached hydrogens (tertiary/aromatic N) is 1. The van der Waals surface area contributed by atoms with Crippen molar-refractivity contribution in [2.24, 2.45) is 0 Å². The quantitative estimate of drug-likeness (QED) is 0.234. The highest BCUT2D eigenvalue weighted by molar-refractivity contribution is 7.92. The van der Waals surface area contributed by atoms with Gasteiger partial charge in [-0.05, 0) is 60.2 Å². The number of carbonyl (C=O) groups excluding carboxylic acids is 1. The monoisotopic (exact) mass is 574 g/mol. The van der Waals surface area contributed by atoms with Gasteiger partial charge in [0.25, 0.3) is 5.91 Å². The molecule has 0 aromatic heterocycles. The first kappa shape index (κ1) is 26.8. The molecule has 0 atom stereocenters. The fourth-order valence-electron chi connectivity index (χ4n) is 3.49. The molecule has 0 saturated heterocycles. The molecule has 0 aliphatic rings. The first-order chi connectivity index (χ1) is 17.6. The molecule has 6 nitrogen and oxygen atoms in total. The van der Waals surface area contributed by atoms with Crippen LogP contribution < -0.4 is 14.4 Å². The summed E-state index contributed by atoms with van der Waals surface area (Å²) in [4.78, 5) is 13.0. The second-order valence-corrected chi connectivity index (χ2v) is 11.2. The van der Waals surface area contributed by atoms with Gasteiger partial charge in [0.05, 0.1) is 34.2 Å². The van der Waals surface area contributed by atoms with Crippen molar-refractivity contribution in [2.75, 3.05) is 15.9 Å². The van der Waals surface area contributed by atoms with E-state index in [9.17, 15) is 13.2 Å². The minimum Gasteiger partial charge on any atom is -0.455 e. The molecule has 37 heavy (non-hydrogen) atoms. The third-order valence-corrected chi connectivity index (χ3v) is 7.47. The van der Waals surface area contributed by atoms with Crippen LogP contribution in [0, 0.1) is 0 Å². The molecule has 190 valence electrons. The maximum atomic E-state index is 13.0. The number of para-hydroxylation sites is 1. The van der Waals surface area contributed by atoms with Crippen LogP contribution in [0.1, 0.15) is 15.9 Å². The third-order valence-electron chi connectivity index (χ3n) is 5.30. The van der Waals surface area contributed by atoms with Crippen LogP contribution >= 0.6 is 34.8 Å². The number of anilines is 2. The Hall–Kier alpha value is -3.23. The van der Waals surface area contributed by atoms with Gasteiger partial charge in [0.1, 0.15) is 5.75 Å². The number of nitrogens with one attached hydrogen (secondary N) is 1. The zero-order valence-electron chi connectivity index (χ0n) is 19.5. The van der Waals surface area contributed by atoms with Gasteiger partial charge < -0.3 is 10.1 Å². The lowest BCUT2D eigenvalue weighted by atomic mass is 10.1. The minimum absolute atomic E-state index is 0.00412. The van der Waals surface area contributed by atoms with Gasteiger partial charge in [-0.15, -0.1) is 0 Å². The summed E-state index contributed by atoms with van der Waals surface area (Å²) in [6, 6.07) is 25.5. The number of amides is 1. The van der Waals surface area contributed by atoms with E-state index in [0.717, 1.165) is 10.6 Å². The van der Waals surface area contributed by atoms with Crippen LogP contribution in [0.4, 0.5) is 11.4 Å². The Morgan fingerprint density at radius 2 is 1.59 bits per heavy atom. The van der Waals surface area contributed by atoms with Crippen LogP contribution in [0.2, 0.25) is 15.1 Å². The molecule has 0 fully saturated rings. The predicted octanol–water partition coefficient (Wildman–Crippen LogP) is 7.66. The molecular formula is C27H21Cl3N2O4S. The topological polar surface area (TPSA) is 75.7 Å².